The van der Waals surface area contributed by atoms with Crippen LogP contribution in [0.5, 0.6) is 0 Å². The van der Waals surface area contributed by atoms with Crippen LogP contribution in [-0.2, 0) is 113 Å². The zero-order valence-corrected chi connectivity index (χ0v) is 87.6. The number of sulfone groups is 4. The van der Waals surface area contributed by atoms with Crippen LogP contribution in [0.2, 0.25) is 0 Å². The fourth-order valence-electron chi connectivity index (χ4n) is 20.2. The minimum atomic E-state index is -3.50. The lowest BCUT2D eigenvalue weighted by Crippen LogP contribution is -2.48. The second-order valence-corrected chi connectivity index (χ2v) is 60.7. The molecule has 0 aromatic heterocycles. The van der Waals surface area contributed by atoms with Gasteiger partial charge in [0.1, 0.15) is 0 Å². The van der Waals surface area contributed by atoms with E-state index >= 15 is 0 Å². The molecular weight excluding hydrogens is 1720 g/mol. The summed E-state index contributed by atoms with van der Waals surface area (Å²) in [6.45, 7) is 48.3. The van der Waals surface area contributed by atoms with Gasteiger partial charge in [-0.3, -0.25) is 0 Å². The summed E-state index contributed by atoms with van der Waals surface area (Å²) in [4.78, 5) is 0. The Labute approximate surface area is 737 Å². The monoisotopic (exact) mass is 1900 g/mol. The fraction of sp³-hybridized carbons (Fsp3) is 1.00. The number of rotatable bonds is 31. The minimum Gasteiger partial charge on any atom is -0.400 e. The van der Waals surface area contributed by atoms with E-state index in [4.69, 9.17) is 58.8 Å². The quantitative estimate of drug-likeness (QED) is 0.0375. The molecule has 0 radical (unpaired) electrons. The van der Waals surface area contributed by atoms with Crippen molar-refractivity contribution in [2.24, 2.45) is 111 Å². The number of hydrogen-bond acceptors (Lipinski definition) is 25. The molecule has 10 N–H and O–H groups in total. The Hall–Kier alpha value is -0.920. The molecule has 16 atom stereocenters. The molecule has 0 heterocycles. The van der Waals surface area contributed by atoms with Crippen LogP contribution < -0.4 is 20.6 Å². The third-order valence-electron chi connectivity index (χ3n) is 27.2. The molecule has 8 saturated carbocycles. The predicted molar refractivity (Wildman–Crippen MR) is 489 cm³/mol. The SMILES string of the molecule is CO.CO[C@@H](C1CC(C)(C)C1)[C@@H](C)S(C)(=O)=O.CO[C@@H](C1CC(C)(C)C1)[C@@H](C)S(N)(=O)=O.CO[C@@H](C1CC(C)(C)C1)[C@H](C)S(N)(=O)=O.CO[C@H](C1CC(C)(C)C1)[C@@H](C)S(C)(=O)=O.CO[C@H](C1CC(C)(C)C1)[C@@H](C)S(N)(=O)=O.CO[C@H](C1CC(C)(C)C1)[C@H](C)S(C)(=O)=O.CO[C@H](C1CC(C)(C)C1)[C@H](C)S(N)(=O)=O.C[C@@H]([C@@H](O)C1CC(C)(C)C1)S(C)(=O)=O. The maximum Gasteiger partial charge on any atom is 0.214 e. The highest BCUT2D eigenvalue weighted by Gasteiger charge is 2.52. The third kappa shape index (κ3) is 38.8. The Balaban J connectivity index is 0.00000136. The number of methoxy groups -OCH3 is 7. The van der Waals surface area contributed by atoms with Crippen molar-refractivity contribution in [2.75, 3.05) is 81.9 Å². The van der Waals surface area contributed by atoms with E-state index in [-0.39, 0.29) is 54.1 Å². The summed E-state index contributed by atoms with van der Waals surface area (Å²) in [5.41, 5.74) is 2.64. The molecule has 0 amide bonds. The summed E-state index contributed by atoms with van der Waals surface area (Å²) < 4.78 is 218. The molecule has 8 aliphatic rings. The molecule has 728 valence electrons. The number of hydrogen-bond donors (Lipinski definition) is 6. The molecule has 29 nitrogen and oxygen atoms in total. The summed E-state index contributed by atoms with van der Waals surface area (Å²) in [5, 5.41) is 33.0. The first-order chi connectivity index (χ1) is 53.8. The van der Waals surface area contributed by atoms with Crippen LogP contribution >= 0.6 is 0 Å². The minimum absolute atomic E-state index is 0.145. The zero-order valence-electron chi connectivity index (χ0n) is 81.0. The molecule has 0 saturated heterocycles. The van der Waals surface area contributed by atoms with E-state index in [1.54, 1.807) is 105 Å². The van der Waals surface area contributed by atoms with Gasteiger partial charge in [0.05, 0.1) is 90.8 Å². The van der Waals surface area contributed by atoms with Crippen LogP contribution in [0.3, 0.4) is 0 Å². The van der Waals surface area contributed by atoms with Crippen LogP contribution in [0.15, 0.2) is 0 Å². The molecule has 8 fully saturated rings. The van der Waals surface area contributed by atoms with Crippen LogP contribution in [0, 0.1) is 90.7 Å². The van der Waals surface area contributed by atoms with E-state index in [1.165, 1.54) is 25.0 Å². The van der Waals surface area contributed by atoms with Gasteiger partial charge >= 0.3 is 0 Å². The fourth-order valence-corrected chi connectivity index (χ4v) is 26.3. The lowest BCUT2D eigenvalue weighted by Gasteiger charge is -2.47. The number of aliphatic hydroxyl groups excluding tert-OH is 2. The van der Waals surface area contributed by atoms with Gasteiger partial charge in [-0.2, -0.15) is 0 Å². The summed E-state index contributed by atoms with van der Waals surface area (Å²) >= 11 is 0. The zero-order chi connectivity index (χ0) is 96.1. The van der Waals surface area contributed by atoms with E-state index < -0.39 is 128 Å². The molecule has 0 unspecified atom stereocenters. The molecule has 37 heteroatoms. The Morgan fingerprint density at radius 3 is 0.405 bits per heavy atom. The highest BCUT2D eigenvalue weighted by atomic mass is 32.2. The Morgan fingerprint density at radius 2 is 0.322 bits per heavy atom. The van der Waals surface area contributed by atoms with Crippen molar-refractivity contribution < 1.29 is 111 Å². The third-order valence-corrected chi connectivity index (χ3v) is 38.9. The van der Waals surface area contributed by atoms with E-state index in [0.717, 1.165) is 110 Å². The molecule has 0 spiro atoms. The second-order valence-electron chi connectivity index (χ2n) is 43.4. The van der Waals surface area contributed by atoms with Crippen LogP contribution in [0.1, 0.15) is 269 Å². The van der Waals surface area contributed by atoms with Crippen molar-refractivity contribution >= 4 is 79.4 Å². The summed E-state index contributed by atoms with van der Waals surface area (Å²) in [5.74, 6) is 2.63. The highest BCUT2D eigenvalue weighted by Crippen LogP contribution is 2.54. The molecule has 8 rings (SSSR count). The van der Waals surface area contributed by atoms with Crippen molar-refractivity contribution in [3.63, 3.8) is 0 Å². The number of sulfonamides is 4. The lowest BCUT2D eigenvalue weighted by molar-refractivity contribution is -0.0368. The van der Waals surface area contributed by atoms with E-state index in [0.29, 0.717) is 79.3 Å². The molecule has 8 aliphatic carbocycles. The van der Waals surface area contributed by atoms with Gasteiger partial charge in [-0.05, 0) is 249 Å². The molecule has 0 bridgehead atoms. The average molecular weight is 1900 g/mol. The Kier molecular flexibility index (Phi) is 45.6. The summed E-state index contributed by atoms with van der Waals surface area (Å²) in [7, 11) is -14.1. The molecule has 0 aromatic carbocycles. The van der Waals surface area contributed by atoms with Gasteiger partial charge in [0.15, 0.2) is 39.3 Å². The van der Waals surface area contributed by atoms with Crippen LogP contribution in [-0.4, -0.2) is 250 Å². The largest absolute Gasteiger partial charge is 0.400 e. The normalized spacial score (nSPS) is 25.4. The number of nitrogens with two attached hydrogens (primary N) is 4. The molecule has 0 aliphatic heterocycles. The highest BCUT2D eigenvalue weighted by molar-refractivity contribution is 7.92. The summed E-state index contributed by atoms with van der Waals surface area (Å²) in [6.07, 6.45) is 19.1. The maximum absolute atomic E-state index is 11.5. The lowest BCUT2D eigenvalue weighted by atomic mass is 9.62. The van der Waals surface area contributed by atoms with Crippen molar-refractivity contribution in [3.05, 3.63) is 0 Å². The van der Waals surface area contributed by atoms with E-state index in [2.05, 4.69) is 111 Å². The van der Waals surface area contributed by atoms with Gasteiger partial charge in [0.25, 0.3) is 0 Å². The molecular formula is C84H174N4O25S8. The van der Waals surface area contributed by atoms with Crippen molar-refractivity contribution in [1.82, 2.24) is 0 Å². The number of ether oxygens (including phenoxy) is 7. The number of aliphatic hydroxyl groups is 2. The van der Waals surface area contributed by atoms with Gasteiger partial charge in [0, 0.05) is 81.9 Å². The summed E-state index contributed by atoms with van der Waals surface area (Å²) in [6, 6.07) is 0. The average Bonchev–Trinajstić information content (AvgIpc) is 0.830. The maximum atomic E-state index is 11.5. The van der Waals surface area contributed by atoms with Gasteiger partial charge < -0.3 is 43.4 Å². The second kappa shape index (κ2) is 46.0. The molecule has 0 aromatic rings. The standard InChI is InChI=1S/3C11H22O3S.4C10H21NO3S.C10H20O3S.CH4O/c3*1-8(15(5,12)13)10(14-4)9-6-11(2,3)7-9;4*1-7(15(11,12)13)9(14-4)8-5-10(2,3)6-8;1-7(14(4,12)13)9(11)8-5-10(2,3)6-8;1-2/h3*8-10H,6-7H2,1-5H3;4*7-9H,5-6H2,1-4H3,(H2,11,12,13);7-9,11H,5-6H2,1-4H3;2H,1H3/t8-,10+;2*8-,10-;2*7-,9+;2*7-,9-;7-,9+;/m11010100./s1. The smallest absolute Gasteiger partial charge is 0.214 e. The van der Waals surface area contributed by atoms with Gasteiger partial charge in [-0.1, -0.05) is 111 Å². The first kappa shape index (κ1) is 120. The van der Waals surface area contributed by atoms with Gasteiger partial charge in [-0.15, -0.1) is 0 Å². The van der Waals surface area contributed by atoms with E-state index in [1.807, 2.05) is 0 Å². The van der Waals surface area contributed by atoms with Crippen molar-refractivity contribution in [2.45, 2.75) is 360 Å². The van der Waals surface area contributed by atoms with Gasteiger partial charge in [-0.25, -0.2) is 87.9 Å². The van der Waals surface area contributed by atoms with Crippen molar-refractivity contribution in [3.8, 4) is 0 Å². The van der Waals surface area contributed by atoms with E-state index in [9.17, 15) is 72.4 Å². The Bertz CT molecular complexity index is 3430. The number of primary sulfonamides is 4. The first-order valence-electron chi connectivity index (χ1n) is 42.5. The van der Waals surface area contributed by atoms with Gasteiger partial charge in [0.2, 0.25) is 40.1 Å². The topological polar surface area (TPSA) is 482 Å². The van der Waals surface area contributed by atoms with Crippen LogP contribution in [0.25, 0.3) is 0 Å². The van der Waals surface area contributed by atoms with Crippen molar-refractivity contribution in [1.29, 1.82) is 0 Å². The first-order valence-corrected chi connectivity index (χ1v) is 56.7. The van der Waals surface area contributed by atoms with Crippen LogP contribution in [0.4, 0.5) is 0 Å². The molecule has 121 heavy (non-hydrogen) atoms. The predicted octanol–water partition coefficient (Wildman–Crippen LogP) is 10.9. The Morgan fingerprint density at radius 1 is 0.223 bits per heavy atom.